The zero-order valence-corrected chi connectivity index (χ0v) is 13.9. The van der Waals surface area contributed by atoms with Crippen LogP contribution < -0.4 is 5.32 Å². The predicted molar refractivity (Wildman–Crippen MR) is 92.9 cm³/mol. The Balaban J connectivity index is 1.59. The molecule has 0 radical (unpaired) electrons. The number of rotatable bonds is 5. The van der Waals surface area contributed by atoms with Crippen molar-refractivity contribution in [1.29, 1.82) is 0 Å². The molecular weight excluding hydrogens is 326 g/mol. The molecule has 3 rings (SSSR count). The van der Waals surface area contributed by atoms with Gasteiger partial charge in [0.1, 0.15) is 0 Å². The minimum absolute atomic E-state index is 0.0909. The van der Waals surface area contributed by atoms with Crippen molar-refractivity contribution in [3.8, 4) is 11.4 Å². The monoisotopic (exact) mass is 341 g/mol. The second-order valence-electron chi connectivity index (χ2n) is 5.39. The van der Waals surface area contributed by atoms with Gasteiger partial charge in [0, 0.05) is 29.1 Å². The standard InChI is InChI=1S/C18H16ClN3O2/c1-12-5-2-3-8-15(12)20-16(23)9-10-17-21-18(22-24-17)13-6-4-7-14(19)11-13/h2-8,11H,9-10H2,1H3,(H,20,23). The summed E-state index contributed by atoms with van der Waals surface area (Å²) < 4.78 is 5.20. The molecule has 0 unspecified atom stereocenters. The second-order valence-corrected chi connectivity index (χ2v) is 5.82. The Morgan fingerprint density at radius 1 is 1.21 bits per heavy atom. The highest BCUT2D eigenvalue weighted by Crippen LogP contribution is 2.20. The summed E-state index contributed by atoms with van der Waals surface area (Å²) in [6, 6.07) is 14.9. The van der Waals surface area contributed by atoms with Gasteiger partial charge in [-0.05, 0) is 30.7 Å². The number of carbonyl (C=O) groups excluding carboxylic acids is 1. The van der Waals surface area contributed by atoms with E-state index in [9.17, 15) is 4.79 Å². The lowest BCUT2D eigenvalue weighted by Crippen LogP contribution is -2.13. The molecule has 0 aliphatic carbocycles. The lowest BCUT2D eigenvalue weighted by atomic mass is 10.2. The second kappa shape index (κ2) is 7.27. The number of carbonyl (C=O) groups is 1. The molecule has 3 aromatic rings. The van der Waals surface area contributed by atoms with Gasteiger partial charge in [-0.3, -0.25) is 4.79 Å². The van der Waals surface area contributed by atoms with Crippen LogP contribution in [0.1, 0.15) is 17.9 Å². The molecule has 0 bridgehead atoms. The first kappa shape index (κ1) is 16.2. The van der Waals surface area contributed by atoms with Crippen LogP contribution in [0.25, 0.3) is 11.4 Å². The third-order valence-corrected chi connectivity index (χ3v) is 3.77. The van der Waals surface area contributed by atoms with Gasteiger partial charge in [-0.2, -0.15) is 4.98 Å². The van der Waals surface area contributed by atoms with Gasteiger partial charge in [0.15, 0.2) is 0 Å². The molecule has 0 spiro atoms. The zero-order chi connectivity index (χ0) is 16.9. The van der Waals surface area contributed by atoms with Gasteiger partial charge in [0.05, 0.1) is 0 Å². The minimum atomic E-state index is -0.0909. The van der Waals surface area contributed by atoms with Crippen LogP contribution in [-0.4, -0.2) is 16.0 Å². The van der Waals surface area contributed by atoms with Crippen molar-refractivity contribution in [2.24, 2.45) is 0 Å². The highest BCUT2D eigenvalue weighted by Gasteiger charge is 2.11. The van der Waals surface area contributed by atoms with Gasteiger partial charge < -0.3 is 9.84 Å². The van der Waals surface area contributed by atoms with Gasteiger partial charge in [0.25, 0.3) is 0 Å². The smallest absolute Gasteiger partial charge is 0.227 e. The summed E-state index contributed by atoms with van der Waals surface area (Å²) in [7, 11) is 0. The third kappa shape index (κ3) is 4.00. The Bertz CT molecular complexity index is 861. The van der Waals surface area contributed by atoms with Crippen molar-refractivity contribution in [2.75, 3.05) is 5.32 Å². The largest absolute Gasteiger partial charge is 0.339 e. The van der Waals surface area contributed by atoms with E-state index in [-0.39, 0.29) is 12.3 Å². The van der Waals surface area contributed by atoms with Crippen LogP contribution in [0, 0.1) is 6.92 Å². The van der Waals surface area contributed by atoms with E-state index in [1.165, 1.54) is 0 Å². The normalized spacial score (nSPS) is 10.6. The van der Waals surface area contributed by atoms with E-state index in [1.54, 1.807) is 12.1 Å². The number of halogens is 1. The van der Waals surface area contributed by atoms with Crippen LogP contribution in [-0.2, 0) is 11.2 Å². The molecule has 0 aliphatic heterocycles. The van der Waals surface area contributed by atoms with E-state index < -0.39 is 0 Å². The molecule has 1 heterocycles. The van der Waals surface area contributed by atoms with Crippen molar-refractivity contribution in [2.45, 2.75) is 19.8 Å². The number of nitrogens with zero attached hydrogens (tertiary/aromatic N) is 2. The first-order valence-corrected chi connectivity index (χ1v) is 7.93. The van der Waals surface area contributed by atoms with Crippen LogP contribution in [0.4, 0.5) is 5.69 Å². The van der Waals surface area contributed by atoms with Gasteiger partial charge >= 0.3 is 0 Å². The van der Waals surface area contributed by atoms with Crippen molar-refractivity contribution < 1.29 is 9.32 Å². The molecule has 5 nitrogen and oxygen atoms in total. The van der Waals surface area contributed by atoms with Crippen molar-refractivity contribution in [3.05, 3.63) is 65.0 Å². The number of nitrogens with one attached hydrogen (secondary N) is 1. The number of hydrogen-bond donors (Lipinski definition) is 1. The topological polar surface area (TPSA) is 68.0 Å². The van der Waals surface area contributed by atoms with Crippen LogP contribution in [0.5, 0.6) is 0 Å². The van der Waals surface area contributed by atoms with Crippen LogP contribution >= 0.6 is 11.6 Å². The molecule has 0 aliphatic rings. The maximum absolute atomic E-state index is 12.0. The third-order valence-electron chi connectivity index (χ3n) is 3.54. The van der Waals surface area contributed by atoms with E-state index in [4.69, 9.17) is 16.1 Å². The summed E-state index contributed by atoms with van der Waals surface area (Å²) in [6.45, 7) is 1.95. The van der Waals surface area contributed by atoms with Crippen LogP contribution in [0.15, 0.2) is 53.1 Å². The summed E-state index contributed by atoms with van der Waals surface area (Å²) in [5.41, 5.74) is 2.61. The first-order chi connectivity index (χ1) is 11.6. The highest BCUT2D eigenvalue weighted by atomic mass is 35.5. The van der Waals surface area contributed by atoms with E-state index in [2.05, 4.69) is 15.5 Å². The van der Waals surface area contributed by atoms with E-state index in [1.807, 2.05) is 43.3 Å². The van der Waals surface area contributed by atoms with E-state index in [0.717, 1.165) is 16.8 Å². The maximum atomic E-state index is 12.0. The molecule has 24 heavy (non-hydrogen) atoms. The van der Waals surface area contributed by atoms with Crippen LogP contribution in [0.3, 0.4) is 0 Å². The van der Waals surface area contributed by atoms with Gasteiger partial charge in [-0.25, -0.2) is 0 Å². The fourth-order valence-corrected chi connectivity index (χ4v) is 2.44. The maximum Gasteiger partial charge on any atom is 0.227 e. The van der Waals surface area contributed by atoms with Gasteiger partial charge in [-0.1, -0.05) is 47.1 Å². The number of aryl methyl sites for hydroxylation is 2. The average molecular weight is 342 g/mol. The van der Waals surface area contributed by atoms with Gasteiger partial charge in [-0.15, -0.1) is 0 Å². The molecule has 0 atom stereocenters. The van der Waals surface area contributed by atoms with Gasteiger partial charge in [0.2, 0.25) is 17.6 Å². The fourth-order valence-electron chi connectivity index (χ4n) is 2.25. The molecule has 0 saturated heterocycles. The molecule has 1 N–H and O–H groups in total. The molecule has 0 saturated carbocycles. The summed E-state index contributed by atoms with van der Waals surface area (Å²) in [5.74, 6) is 0.795. The number of anilines is 1. The van der Waals surface area contributed by atoms with Crippen LogP contribution in [0.2, 0.25) is 5.02 Å². The Labute approximate surface area is 144 Å². The highest BCUT2D eigenvalue weighted by molar-refractivity contribution is 6.30. The molecule has 1 aromatic heterocycles. The molecular formula is C18H16ClN3O2. The molecule has 122 valence electrons. The Hall–Kier alpha value is -2.66. The van der Waals surface area contributed by atoms with E-state index >= 15 is 0 Å². The Morgan fingerprint density at radius 2 is 2.04 bits per heavy atom. The quantitative estimate of drug-likeness (QED) is 0.752. The Kier molecular flexibility index (Phi) is 4.91. The predicted octanol–water partition coefficient (Wildman–Crippen LogP) is 4.27. The lowest BCUT2D eigenvalue weighted by Gasteiger charge is -2.06. The zero-order valence-electron chi connectivity index (χ0n) is 13.1. The molecule has 2 aromatic carbocycles. The minimum Gasteiger partial charge on any atom is -0.339 e. The lowest BCUT2D eigenvalue weighted by molar-refractivity contribution is -0.116. The summed E-state index contributed by atoms with van der Waals surface area (Å²) in [5, 5.41) is 7.42. The SMILES string of the molecule is Cc1ccccc1NC(=O)CCc1nc(-c2cccc(Cl)c2)no1. The number of amides is 1. The van der Waals surface area contributed by atoms with Crippen molar-refractivity contribution in [1.82, 2.24) is 10.1 Å². The number of aromatic nitrogens is 2. The number of para-hydroxylation sites is 1. The fraction of sp³-hybridized carbons (Fsp3) is 0.167. The van der Waals surface area contributed by atoms with E-state index in [0.29, 0.717) is 23.2 Å². The summed E-state index contributed by atoms with van der Waals surface area (Å²) in [6.07, 6.45) is 0.650. The Morgan fingerprint density at radius 3 is 2.83 bits per heavy atom. The number of hydrogen-bond acceptors (Lipinski definition) is 4. The molecule has 1 amide bonds. The first-order valence-electron chi connectivity index (χ1n) is 7.56. The number of benzene rings is 2. The van der Waals surface area contributed by atoms with Crippen molar-refractivity contribution in [3.63, 3.8) is 0 Å². The molecule has 6 heteroatoms. The summed E-state index contributed by atoms with van der Waals surface area (Å²) in [4.78, 5) is 16.3. The van der Waals surface area contributed by atoms with Crippen molar-refractivity contribution >= 4 is 23.2 Å². The average Bonchev–Trinajstić information content (AvgIpc) is 3.04. The molecule has 0 fully saturated rings. The summed E-state index contributed by atoms with van der Waals surface area (Å²) >= 11 is 5.95.